The van der Waals surface area contributed by atoms with Crippen molar-refractivity contribution in [3.63, 3.8) is 0 Å². The highest BCUT2D eigenvalue weighted by molar-refractivity contribution is 7.15. The molecule has 1 saturated heterocycles. The van der Waals surface area contributed by atoms with E-state index >= 15 is 0 Å². The standard InChI is InChI=1S/C15H20N4O2S/c1-10-7-13(11(2)21-10)14(20)19-5-3-18(4-6-19)9-12-8-17-15(16)22-12/h7-8H,3-6,9H2,1-2H3,(H2,16,17). The van der Waals surface area contributed by atoms with Crippen molar-refractivity contribution >= 4 is 22.4 Å². The van der Waals surface area contributed by atoms with Gasteiger partial charge in [-0.05, 0) is 19.9 Å². The normalized spacial score (nSPS) is 16.2. The lowest BCUT2D eigenvalue weighted by atomic mass is 10.2. The third-order valence-corrected chi connectivity index (χ3v) is 4.69. The monoisotopic (exact) mass is 320 g/mol. The van der Waals surface area contributed by atoms with E-state index in [-0.39, 0.29) is 5.91 Å². The highest BCUT2D eigenvalue weighted by atomic mass is 32.1. The molecule has 6 nitrogen and oxygen atoms in total. The molecule has 2 aromatic rings. The Morgan fingerprint density at radius 2 is 2.09 bits per heavy atom. The minimum atomic E-state index is 0.0658. The van der Waals surface area contributed by atoms with Crippen molar-refractivity contribution in [2.75, 3.05) is 31.9 Å². The quantitative estimate of drug-likeness (QED) is 0.935. The Hall–Kier alpha value is -1.86. The third kappa shape index (κ3) is 3.15. The highest BCUT2D eigenvalue weighted by Gasteiger charge is 2.24. The second kappa shape index (κ2) is 6.10. The Labute approximate surface area is 133 Å². The summed E-state index contributed by atoms with van der Waals surface area (Å²) in [5, 5.41) is 0.606. The molecule has 0 saturated carbocycles. The molecule has 22 heavy (non-hydrogen) atoms. The number of carbonyl (C=O) groups is 1. The molecule has 1 aliphatic rings. The molecule has 1 aliphatic heterocycles. The van der Waals surface area contributed by atoms with Gasteiger partial charge in [-0.3, -0.25) is 9.69 Å². The fourth-order valence-corrected chi connectivity index (χ4v) is 3.47. The van der Waals surface area contributed by atoms with E-state index in [1.807, 2.05) is 31.0 Å². The summed E-state index contributed by atoms with van der Waals surface area (Å²) in [7, 11) is 0. The maximum absolute atomic E-state index is 12.5. The molecule has 0 bridgehead atoms. The lowest BCUT2D eigenvalue weighted by molar-refractivity contribution is 0.0628. The van der Waals surface area contributed by atoms with Crippen LogP contribution in [-0.4, -0.2) is 46.9 Å². The van der Waals surface area contributed by atoms with Crippen LogP contribution >= 0.6 is 11.3 Å². The minimum Gasteiger partial charge on any atom is -0.466 e. The van der Waals surface area contributed by atoms with Gasteiger partial charge < -0.3 is 15.1 Å². The summed E-state index contributed by atoms with van der Waals surface area (Å²) in [6.07, 6.45) is 1.83. The topological polar surface area (TPSA) is 75.6 Å². The molecule has 3 heterocycles. The molecule has 2 aromatic heterocycles. The number of hydrogen-bond acceptors (Lipinski definition) is 6. The molecular formula is C15H20N4O2S. The van der Waals surface area contributed by atoms with Crippen LogP contribution in [0.5, 0.6) is 0 Å². The number of rotatable bonds is 3. The number of anilines is 1. The molecule has 0 spiro atoms. The lowest BCUT2D eigenvalue weighted by Gasteiger charge is -2.34. The molecule has 0 aliphatic carbocycles. The average Bonchev–Trinajstić information content (AvgIpc) is 3.04. The number of hydrogen-bond donors (Lipinski definition) is 1. The number of carbonyl (C=O) groups excluding carboxylic acids is 1. The zero-order valence-corrected chi connectivity index (χ0v) is 13.7. The van der Waals surface area contributed by atoms with E-state index in [1.54, 1.807) is 0 Å². The average molecular weight is 320 g/mol. The zero-order chi connectivity index (χ0) is 15.7. The van der Waals surface area contributed by atoms with Crippen molar-refractivity contribution in [2.45, 2.75) is 20.4 Å². The molecule has 118 valence electrons. The number of nitrogens with zero attached hydrogens (tertiary/aromatic N) is 3. The van der Waals surface area contributed by atoms with Crippen LogP contribution < -0.4 is 5.73 Å². The number of aromatic nitrogens is 1. The predicted molar refractivity (Wildman–Crippen MR) is 85.9 cm³/mol. The Morgan fingerprint density at radius 3 is 2.64 bits per heavy atom. The van der Waals surface area contributed by atoms with Gasteiger partial charge >= 0.3 is 0 Å². The van der Waals surface area contributed by atoms with E-state index in [9.17, 15) is 4.79 Å². The Balaban J connectivity index is 1.57. The zero-order valence-electron chi connectivity index (χ0n) is 12.8. The second-order valence-corrected chi connectivity index (χ2v) is 6.71. The van der Waals surface area contributed by atoms with Crippen molar-refractivity contribution < 1.29 is 9.21 Å². The van der Waals surface area contributed by atoms with E-state index in [0.717, 1.165) is 38.5 Å². The fraction of sp³-hybridized carbons (Fsp3) is 0.467. The van der Waals surface area contributed by atoms with Crippen molar-refractivity contribution in [3.8, 4) is 0 Å². The largest absolute Gasteiger partial charge is 0.466 e. The molecular weight excluding hydrogens is 300 g/mol. The molecule has 0 atom stereocenters. The van der Waals surface area contributed by atoms with Crippen LogP contribution in [0.2, 0.25) is 0 Å². The SMILES string of the molecule is Cc1cc(C(=O)N2CCN(Cc3cnc(N)s3)CC2)c(C)o1. The van der Waals surface area contributed by atoms with Crippen LogP contribution in [0.4, 0.5) is 5.13 Å². The van der Waals surface area contributed by atoms with Crippen LogP contribution in [0.1, 0.15) is 26.8 Å². The van der Waals surface area contributed by atoms with Gasteiger partial charge in [0.05, 0.1) is 5.56 Å². The van der Waals surface area contributed by atoms with E-state index in [4.69, 9.17) is 10.2 Å². The summed E-state index contributed by atoms with van der Waals surface area (Å²) in [5.74, 6) is 1.54. The van der Waals surface area contributed by atoms with Gasteiger partial charge in [0.15, 0.2) is 5.13 Å². The number of amides is 1. The molecule has 0 unspecified atom stereocenters. The fourth-order valence-electron chi connectivity index (χ4n) is 2.74. The minimum absolute atomic E-state index is 0.0658. The molecule has 1 amide bonds. The van der Waals surface area contributed by atoms with Gasteiger partial charge in [0.1, 0.15) is 11.5 Å². The number of nitrogen functional groups attached to an aromatic ring is 1. The van der Waals surface area contributed by atoms with E-state index in [0.29, 0.717) is 16.5 Å². The van der Waals surface area contributed by atoms with Crippen molar-refractivity contribution in [2.24, 2.45) is 0 Å². The first kappa shape index (κ1) is 15.1. The molecule has 1 fully saturated rings. The van der Waals surface area contributed by atoms with E-state index in [1.165, 1.54) is 16.2 Å². The third-order valence-electron chi connectivity index (χ3n) is 3.88. The van der Waals surface area contributed by atoms with Gasteiger partial charge in [-0.2, -0.15) is 0 Å². The molecule has 3 rings (SSSR count). The number of piperazine rings is 1. The Morgan fingerprint density at radius 1 is 1.36 bits per heavy atom. The smallest absolute Gasteiger partial charge is 0.257 e. The van der Waals surface area contributed by atoms with Crippen molar-refractivity contribution in [1.82, 2.24) is 14.8 Å². The summed E-state index contributed by atoms with van der Waals surface area (Å²) in [5.41, 5.74) is 6.33. The number of nitrogens with two attached hydrogens (primary N) is 1. The first-order valence-corrected chi connectivity index (χ1v) is 8.13. The predicted octanol–water partition coefficient (Wildman–Crippen LogP) is 1.89. The summed E-state index contributed by atoms with van der Waals surface area (Å²) < 4.78 is 5.45. The summed E-state index contributed by atoms with van der Waals surface area (Å²) in [4.78, 5) is 22.0. The van der Waals surface area contributed by atoms with E-state index < -0.39 is 0 Å². The van der Waals surface area contributed by atoms with Crippen LogP contribution in [0, 0.1) is 13.8 Å². The Bertz CT molecular complexity index is 671. The first-order chi connectivity index (χ1) is 10.5. The van der Waals surface area contributed by atoms with Crippen LogP contribution in [0.3, 0.4) is 0 Å². The van der Waals surface area contributed by atoms with E-state index in [2.05, 4.69) is 9.88 Å². The van der Waals surface area contributed by atoms with Crippen LogP contribution in [0.15, 0.2) is 16.7 Å². The van der Waals surface area contributed by atoms with Crippen molar-refractivity contribution in [1.29, 1.82) is 0 Å². The lowest BCUT2D eigenvalue weighted by Crippen LogP contribution is -2.48. The number of aryl methyl sites for hydroxylation is 2. The van der Waals surface area contributed by atoms with Crippen molar-refractivity contribution in [3.05, 3.63) is 34.2 Å². The summed E-state index contributed by atoms with van der Waals surface area (Å²) >= 11 is 1.52. The van der Waals surface area contributed by atoms with Crippen LogP contribution in [-0.2, 0) is 6.54 Å². The van der Waals surface area contributed by atoms with Crippen LogP contribution in [0.25, 0.3) is 0 Å². The second-order valence-electron chi connectivity index (χ2n) is 5.56. The highest BCUT2D eigenvalue weighted by Crippen LogP contribution is 2.19. The van der Waals surface area contributed by atoms with Gasteiger partial charge in [0.25, 0.3) is 5.91 Å². The van der Waals surface area contributed by atoms with Gasteiger partial charge in [-0.25, -0.2) is 4.98 Å². The van der Waals surface area contributed by atoms with Gasteiger partial charge in [0.2, 0.25) is 0 Å². The maximum atomic E-state index is 12.5. The summed E-state index contributed by atoms with van der Waals surface area (Å²) in [6.45, 7) is 7.74. The molecule has 0 aromatic carbocycles. The molecule has 0 radical (unpaired) electrons. The first-order valence-electron chi connectivity index (χ1n) is 7.32. The number of thiazole rings is 1. The molecule has 2 N–H and O–H groups in total. The molecule has 7 heteroatoms. The maximum Gasteiger partial charge on any atom is 0.257 e. The van der Waals surface area contributed by atoms with Gasteiger partial charge in [-0.1, -0.05) is 0 Å². The summed E-state index contributed by atoms with van der Waals surface area (Å²) in [6, 6.07) is 1.82. The van der Waals surface area contributed by atoms with Gasteiger partial charge in [0, 0.05) is 43.8 Å². The van der Waals surface area contributed by atoms with Gasteiger partial charge in [-0.15, -0.1) is 11.3 Å². The number of furan rings is 1. The Kier molecular flexibility index (Phi) is 4.17.